The van der Waals surface area contributed by atoms with Crippen LogP contribution in [0.4, 0.5) is 0 Å². The van der Waals surface area contributed by atoms with Crippen molar-refractivity contribution in [2.75, 3.05) is 0 Å². The third kappa shape index (κ3) is 3.99. The van der Waals surface area contributed by atoms with E-state index in [0.29, 0.717) is 10.6 Å². The molecule has 5 aromatic rings. The molecule has 7 heteroatoms. The van der Waals surface area contributed by atoms with E-state index < -0.39 is 0 Å². The number of benzene rings is 3. The van der Waals surface area contributed by atoms with E-state index >= 15 is 0 Å². The van der Waals surface area contributed by atoms with Gasteiger partial charge in [-0.25, -0.2) is 5.10 Å². The maximum atomic E-state index is 5.37. The van der Waals surface area contributed by atoms with Crippen molar-refractivity contribution < 1.29 is 0 Å². The predicted octanol–water partition coefficient (Wildman–Crippen LogP) is 5.55. The molecular weight excluding hydrogens is 404 g/mol. The predicted molar refractivity (Wildman–Crippen MR) is 125 cm³/mol. The van der Waals surface area contributed by atoms with Crippen molar-refractivity contribution in [1.29, 1.82) is 0 Å². The van der Waals surface area contributed by atoms with Crippen LogP contribution in [0.15, 0.2) is 96.1 Å². The lowest BCUT2D eigenvalue weighted by atomic mass is 10.0. The van der Waals surface area contributed by atoms with E-state index in [-0.39, 0.29) is 0 Å². The molecule has 0 atom stereocenters. The number of rotatable bonds is 5. The molecule has 0 fully saturated rings. The quantitative estimate of drug-likeness (QED) is 0.288. The van der Waals surface area contributed by atoms with Crippen LogP contribution in [0.5, 0.6) is 0 Å². The second-order valence-corrected chi connectivity index (χ2v) is 7.32. The molecule has 0 saturated carbocycles. The smallest absolute Gasteiger partial charge is 0.216 e. The Morgan fingerprint density at radius 3 is 2.10 bits per heavy atom. The fourth-order valence-electron chi connectivity index (χ4n) is 3.28. The molecule has 0 radical (unpaired) electrons. The second kappa shape index (κ2) is 8.33. The first-order valence-corrected chi connectivity index (χ1v) is 10.2. The fraction of sp³-hybridized carbons (Fsp3) is 0. The van der Waals surface area contributed by atoms with Gasteiger partial charge in [0.05, 0.1) is 11.9 Å². The Morgan fingerprint density at radius 1 is 0.742 bits per heavy atom. The van der Waals surface area contributed by atoms with Crippen molar-refractivity contribution in [3.63, 3.8) is 0 Å². The molecule has 6 nitrogen and oxygen atoms in total. The summed E-state index contributed by atoms with van der Waals surface area (Å²) in [6.07, 6.45) is 1.76. The zero-order valence-corrected chi connectivity index (χ0v) is 17.3. The molecule has 31 heavy (non-hydrogen) atoms. The van der Waals surface area contributed by atoms with E-state index in [1.807, 2.05) is 66.7 Å². The van der Waals surface area contributed by atoms with Crippen molar-refractivity contribution in [2.24, 2.45) is 5.10 Å². The molecule has 5 rings (SSSR count). The first-order valence-electron chi connectivity index (χ1n) is 9.76. The average Bonchev–Trinajstić information content (AvgIpc) is 3.46. The summed E-state index contributed by atoms with van der Waals surface area (Å²) in [5.41, 5.74) is 5.87. The number of hydrogen-bond acceptors (Lipinski definition) is 4. The standard InChI is InChI=1S/C24H18N6S/c31-24-29-28-23(22-15-21(26-27-22)20-9-5-2-6-10-20)30(24)25-16-17-11-13-19(14-12-17)18-7-3-1-4-8-18/h1-16H,(H,26,27)(H,29,31)/b25-16+. The van der Waals surface area contributed by atoms with Crippen LogP contribution in [0, 0.1) is 4.77 Å². The lowest BCUT2D eigenvalue weighted by Gasteiger charge is -2.02. The Morgan fingerprint density at radius 2 is 1.39 bits per heavy atom. The molecule has 3 aromatic carbocycles. The van der Waals surface area contributed by atoms with Crippen molar-refractivity contribution in [3.8, 4) is 33.9 Å². The SMILES string of the molecule is S=c1[nH]nc(-c2cc(-c3ccccc3)n[nH]2)n1/N=C/c1ccc(-c2ccccc2)cc1. The molecule has 2 aromatic heterocycles. The molecule has 0 aliphatic carbocycles. The topological polar surface area (TPSA) is 74.7 Å². The zero-order chi connectivity index (χ0) is 21.0. The molecule has 0 unspecified atom stereocenters. The van der Waals surface area contributed by atoms with Gasteiger partial charge in [0.2, 0.25) is 10.6 Å². The van der Waals surface area contributed by atoms with Crippen LogP contribution in [0.1, 0.15) is 5.56 Å². The number of H-pyrrole nitrogens is 2. The first kappa shape index (κ1) is 18.9. The molecular formula is C24H18N6S. The van der Waals surface area contributed by atoms with Gasteiger partial charge in [0, 0.05) is 5.56 Å². The molecule has 0 bridgehead atoms. The average molecular weight is 423 g/mol. The highest BCUT2D eigenvalue weighted by molar-refractivity contribution is 7.71. The van der Waals surface area contributed by atoms with Crippen molar-refractivity contribution in [2.45, 2.75) is 0 Å². The van der Waals surface area contributed by atoms with Crippen LogP contribution in [-0.4, -0.2) is 31.3 Å². The van der Waals surface area contributed by atoms with Crippen LogP contribution in [0.2, 0.25) is 0 Å². The fourth-order valence-corrected chi connectivity index (χ4v) is 3.46. The van der Waals surface area contributed by atoms with E-state index in [1.165, 1.54) is 5.56 Å². The summed E-state index contributed by atoms with van der Waals surface area (Å²) in [5, 5.41) is 19.1. The molecule has 0 saturated heterocycles. The van der Waals surface area contributed by atoms with E-state index in [2.05, 4.69) is 49.8 Å². The lowest BCUT2D eigenvalue weighted by Crippen LogP contribution is -1.95. The number of aromatic amines is 2. The Balaban J connectivity index is 1.41. The van der Waals surface area contributed by atoms with E-state index in [9.17, 15) is 0 Å². The van der Waals surface area contributed by atoms with Crippen LogP contribution in [0.25, 0.3) is 33.9 Å². The molecule has 0 amide bonds. The van der Waals surface area contributed by atoms with E-state index in [0.717, 1.165) is 28.1 Å². The van der Waals surface area contributed by atoms with Crippen LogP contribution in [-0.2, 0) is 0 Å². The van der Waals surface area contributed by atoms with Crippen molar-refractivity contribution >= 4 is 18.4 Å². The third-order valence-electron chi connectivity index (χ3n) is 4.88. The summed E-state index contributed by atoms with van der Waals surface area (Å²) in [6.45, 7) is 0. The highest BCUT2D eigenvalue weighted by atomic mass is 32.1. The van der Waals surface area contributed by atoms with Gasteiger partial charge < -0.3 is 0 Å². The van der Waals surface area contributed by atoms with Crippen molar-refractivity contribution in [3.05, 3.63) is 101 Å². The van der Waals surface area contributed by atoms with Crippen LogP contribution >= 0.6 is 12.2 Å². The first-order chi connectivity index (χ1) is 15.3. The molecule has 2 N–H and O–H groups in total. The highest BCUT2D eigenvalue weighted by Crippen LogP contribution is 2.23. The van der Waals surface area contributed by atoms with Gasteiger partial charge in [0.25, 0.3) is 0 Å². The van der Waals surface area contributed by atoms with Gasteiger partial charge >= 0.3 is 0 Å². The summed E-state index contributed by atoms with van der Waals surface area (Å²) >= 11 is 5.37. The van der Waals surface area contributed by atoms with Gasteiger partial charge in [-0.1, -0.05) is 84.9 Å². The second-order valence-electron chi connectivity index (χ2n) is 6.93. The summed E-state index contributed by atoms with van der Waals surface area (Å²) in [4.78, 5) is 0. The summed E-state index contributed by atoms with van der Waals surface area (Å²) in [7, 11) is 0. The van der Waals surface area contributed by atoms with E-state index in [4.69, 9.17) is 12.2 Å². The molecule has 2 heterocycles. The highest BCUT2D eigenvalue weighted by Gasteiger charge is 2.12. The van der Waals surface area contributed by atoms with Gasteiger partial charge in [0.15, 0.2) is 0 Å². The van der Waals surface area contributed by atoms with Gasteiger partial charge in [-0.15, -0.1) is 0 Å². The molecule has 0 aliphatic rings. The normalized spacial score (nSPS) is 11.2. The summed E-state index contributed by atoms with van der Waals surface area (Å²) in [6, 6.07) is 30.4. The van der Waals surface area contributed by atoms with Gasteiger partial charge in [-0.05, 0) is 35.0 Å². The van der Waals surface area contributed by atoms with Crippen LogP contribution in [0.3, 0.4) is 0 Å². The lowest BCUT2D eigenvalue weighted by molar-refractivity contribution is 0.865. The minimum absolute atomic E-state index is 0.406. The minimum atomic E-state index is 0.406. The minimum Gasteiger partial charge on any atom is -0.274 e. The molecule has 0 spiro atoms. The zero-order valence-electron chi connectivity index (χ0n) is 16.4. The number of nitrogens with zero attached hydrogens (tertiary/aromatic N) is 4. The van der Waals surface area contributed by atoms with Crippen molar-refractivity contribution in [1.82, 2.24) is 25.1 Å². The largest absolute Gasteiger partial charge is 0.274 e. The van der Waals surface area contributed by atoms with E-state index in [1.54, 1.807) is 10.9 Å². The van der Waals surface area contributed by atoms with Gasteiger partial charge in [-0.3, -0.25) is 5.10 Å². The molecule has 0 aliphatic heterocycles. The van der Waals surface area contributed by atoms with Crippen LogP contribution < -0.4 is 0 Å². The summed E-state index contributed by atoms with van der Waals surface area (Å²) in [5.74, 6) is 0.567. The Hall–Kier alpha value is -4.10. The molecule has 150 valence electrons. The Bertz CT molecular complexity index is 1380. The summed E-state index contributed by atoms with van der Waals surface area (Å²) < 4.78 is 1.99. The van der Waals surface area contributed by atoms with Gasteiger partial charge in [-0.2, -0.15) is 20.0 Å². The van der Waals surface area contributed by atoms with Gasteiger partial charge in [0.1, 0.15) is 5.69 Å². The maximum absolute atomic E-state index is 5.37. The Labute approximate surface area is 183 Å². The maximum Gasteiger partial charge on any atom is 0.216 e. The number of hydrogen-bond donors (Lipinski definition) is 2. The third-order valence-corrected chi connectivity index (χ3v) is 5.14. The Kier molecular flexibility index (Phi) is 5.08. The monoisotopic (exact) mass is 422 g/mol. The number of nitrogens with one attached hydrogen (secondary N) is 2. The number of aromatic nitrogens is 5.